The Morgan fingerprint density at radius 2 is 2.00 bits per heavy atom. The second-order valence-electron chi connectivity index (χ2n) is 4.69. The van der Waals surface area contributed by atoms with E-state index in [9.17, 15) is 4.79 Å². The molecule has 0 aliphatic heterocycles. The van der Waals surface area contributed by atoms with Crippen LogP contribution in [0, 0.1) is 0 Å². The SMILES string of the molecule is NCCC(=O)Nc1nc(-c2ccc3ccccc3c2)cs1. The van der Waals surface area contributed by atoms with Crippen LogP contribution < -0.4 is 11.1 Å². The van der Waals surface area contributed by atoms with Crippen LogP contribution in [0.15, 0.2) is 47.8 Å². The van der Waals surface area contributed by atoms with Gasteiger partial charge in [-0.2, -0.15) is 0 Å². The topological polar surface area (TPSA) is 68.0 Å². The van der Waals surface area contributed by atoms with E-state index in [2.05, 4.69) is 34.6 Å². The van der Waals surface area contributed by atoms with E-state index in [4.69, 9.17) is 5.73 Å². The average Bonchev–Trinajstić information content (AvgIpc) is 2.95. The second-order valence-corrected chi connectivity index (χ2v) is 5.54. The van der Waals surface area contributed by atoms with Crippen LogP contribution >= 0.6 is 11.3 Å². The van der Waals surface area contributed by atoms with E-state index in [1.807, 2.05) is 23.6 Å². The fourth-order valence-electron chi connectivity index (χ4n) is 2.13. The largest absolute Gasteiger partial charge is 0.330 e. The van der Waals surface area contributed by atoms with Crippen molar-refractivity contribution in [3.8, 4) is 11.3 Å². The smallest absolute Gasteiger partial charge is 0.227 e. The highest BCUT2D eigenvalue weighted by atomic mass is 32.1. The van der Waals surface area contributed by atoms with Crippen LogP contribution in [0.2, 0.25) is 0 Å². The number of rotatable bonds is 4. The van der Waals surface area contributed by atoms with Crippen LogP contribution in [0.1, 0.15) is 6.42 Å². The minimum Gasteiger partial charge on any atom is -0.330 e. The van der Waals surface area contributed by atoms with E-state index in [0.717, 1.165) is 11.3 Å². The summed E-state index contributed by atoms with van der Waals surface area (Å²) in [7, 11) is 0. The lowest BCUT2D eigenvalue weighted by atomic mass is 10.1. The summed E-state index contributed by atoms with van der Waals surface area (Å²) in [5.41, 5.74) is 7.27. The van der Waals surface area contributed by atoms with Gasteiger partial charge in [0.05, 0.1) is 5.69 Å². The van der Waals surface area contributed by atoms with Crippen LogP contribution in [-0.2, 0) is 4.79 Å². The molecule has 106 valence electrons. The van der Waals surface area contributed by atoms with Gasteiger partial charge < -0.3 is 11.1 Å². The van der Waals surface area contributed by atoms with Crippen molar-refractivity contribution in [2.45, 2.75) is 6.42 Å². The molecule has 0 bridgehead atoms. The number of fused-ring (bicyclic) bond motifs is 1. The van der Waals surface area contributed by atoms with Crippen LogP contribution in [-0.4, -0.2) is 17.4 Å². The van der Waals surface area contributed by atoms with E-state index in [-0.39, 0.29) is 5.91 Å². The van der Waals surface area contributed by atoms with Gasteiger partial charge in [-0.15, -0.1) is 11.3 Å². The molecule has 4 nitrogen and oxygen atoms in total. The maximum absolute atomic E-state index is 11.5. The van der Waals surface area contributed by atoms with Gasteiger partial charge in [0.1, 0.15) is 0 Å². The number of thiazole rings is 1. The summed E-state index contributed by atoms with van der Waals surface area (Å²) in [6, 6.07) is 14.4. The van der Waals surface area contributed by atoms with Crippen molar-refractivity contribution >= 4 is 33.1 Å². The van der Waals surface area contributed by atoms with E-state index in [0.29, 0.717) is 18.1 Å². The van der Waals surface area contributed by atoms with Gasteiger partial charge in [-0.05, 0) is 16.8 Å². The van der Waals surface area contributed by atoms with Gasteiger partial charge in [-0.3, -0.25) is 4.79 Å². The molecular weight excluding hydrogens is 282 g/mol. The van der Waals surface area contributed by atoms with E-state index in [1.165, 1.54) is 22.1 Å². The number of amides is 1. The monoisotopic (exact) mass is 297 g/mol. The van der Waals surface area contributed by atoms with Gasteiger partial charge in [0.15, 0.2) is 5.13 Å². The normalized spacial score (nSPS) is 10.7. The molecule has 3 aromatic rings. The summed E-state index contributed by atoms with van der Waals surface area (Å²) in [4.78, 5) is 16.0. The summed E-state index contributed by atoms with van der Waals surface area (Å²) in [6.07, 6.45) is 0.310. The molecule has 0 spiro atoms. The second kappa shape index (κ2) is 6.03. The molecule has 21 heavy (non-hydrogen) atoms. The quantitative estimate of drug-likeness (QED) is 0.776. The zero-order valence-corrected chi connectivity index (χ0v) is 12.2. The standard InChI is InChI=1S/C16H15N3OS/c17-8-7-15(20)19-16-18-14(10-21-16)13-6-5-11-3-1-2-4-12(11)9-13/h1-6,9-10H,7-8,17H2,(H,18,19,20). The Morgan fingerprint density at radius 1 is 1.19 bits per heavy atom. The van der Waals surface area contributed by atoms with Gasteiger partial charge >= 0.3 is 0 Å². The molecule has 0 atom stereocenters. The Hall–Kier alpha value is -2.24. The van der Waals surface area contributed by atoms with Crippen molar-refractivity contribution in [2.75, 3.05) is 11.9 Å². The van der Waals surface area contributed by atoms with Crippen molar-refractivity contribution in [1.29, 1.82) is 0 Å². The average molecular weight is 297 g/mol. The first-order chi connectivity index (χ1) is 10.3. The molecule has 3 N–H and O–H groups in total. The first-order valence-corrected chi connectivity index (χ1v) is 7.59. The lowest BCUT2D eigenvalue weighted by Crippen LogP contribution is -2.15. The third-order valence-electron chi connectivity index (χ3n) is 3.17. The number of carbonyl (C=O) groups excluding carboxylic acids is 1. The van der Waals surface area contributed by atoms with Crippen LogP contribution in [0.5, 0.6) is 0 Å². The molecule has 1 heterocycles. The number of hydrogen-bond acceptors (Lipinski definition) is 4. The number of anilines is 1. The highest BCUT2D eigenvalue weighted by molar-refractivity contribution is 7.14. The van der Waals surface area contributed by atoms with Gasteiger partial charge in [-0.1, -0.05) is 36.4 Å². The van der Waals surface area contributed by atoms with Crippen LogP contribution in [0.4, 0.5) is 5.13 Å². The fraction of sp³-hybridized carbons (Fsp3) is 0.125. The number of nitrogens with two attached hydrogens (primary N) is 1. The Kier molecular flexibility index (Phi) is 3.94. The minimum atomic E-state index is -0.100. The summed E-state index contributed by atoms with van der Waals surface area (Å²) in [5, 5.41) is 7.69. The maximum atomic E-state index is 11.5. The van der Waals surface area contributed by atoms with Crippen molar-refractivity contribution in [2.24, 2.45) is 5.73 Å². The molecule has 1 aromatic heterocycles. The third kappa shape index (κ3) is 3.09. The van der Waals surface area contributed by atoms with Gasteiger partial charge in [0.25, 0.3) is 0 Å². The first kappa shape index (κ1) is 13.7. The zero-order valence-electron chi connectivity index (χ0n) is 11.4. The zero-order chi connectivity index (χ0) is 14.7. The fourth-order valence-corrected chi connectivity index (χ4v) is 2.86. The lowest BCUT2D eigenvalue weighted by molar-refractivity contribution is -0.116. The molecule has 2 aromatic carbocycles. The number of benzene rings is 2. The predicted molar refractivity (Wildman–Crippen MR) is 87.4 cm³/mol. The summed E-state index contributed by atoms with van der Waals surface area (Å²) < 4.78 is 0. The highest BCUT2D eigenvalue weighted by Gasteiger charge is 2.08. The number of nitrogens with one attached hydrogen (secondary N) is 1. The molecule has 0 aliphatic carbocycles. The van der Waals surface area contributed by atoms with Gasteiger partial charge in [0, 0.05) is 23.9 Å². The molecule has 0 unspecified atom stereocenters. The first-order valence-electron chi connectivity index (χ1n) is 6.71. The van der Waals surface area contributed by atoms with Crippen LogP contribution in [0.3, 0.4) is 0 Å². The number of hydrogen-bond donors (Lipinski definition) is 2. The molecule has 0 fully saturated rings. The van der Waals surface area contributed by atoms with Crippen molar-refractivity contribution in [3.63, 3.8) is 0 Å². The third-order valence-corrected chi connectivity index (χ3v) is 3.92. The molecule has 1 amide bonds. The van der Waals surface area contributed by atoms with Gasteiger partial charge in [-0.25, -0.2) is 4.98 Å². The molecule has 0 radical (unpaired) electrons. The molecular formula is C16H15N3OS. The molecule has 5 heteroatoms. The number of nitrogens with zero attached hydrogens (tertiary/aromatic N) is 1. The van der Waals surface area contributed by atoms with E-state index < -0.39 is 0 Å². The summed E-state index contributed by atoms with van der Waals surface area (Å²) in [6.45, 7) is 0.342. The van der Waals surface area contributed by atoms with E-state index in [1.54, 1.807) is 0 Å². The Labute approximate surface area is 126 Å². The molecule has 0 aliphatic rings. The van der Waals surface area contributed by atoms with Crippen LogP contribution in [0.25, 0.3) is 22.0 Å². The number of aromatic nitrogens is 1. The Morgan fingerprint density at radius 3 is 2.81 bits per heavy atom. The summed E-state index contributed by atoms with van der Waals surface area (Å²) >= 11 is 1.42. The maximum Gasteiger partial charge on any atom is 0.227 e. The Balaban J connectivity index is 1.85. The molecule has 0 saturated heterocycles. The van der Waals surface area contributed by atoms with Crippen molar-refractivity contribution < 1.29 is 4.79 Å². The van der Waals surface area contributed by atoms with Crippen molar-refractivity contribution in [1.82, 2.24) is 4.98 Å². The van der Waals surface area contributed by atoms with Crippen molar-refractivity contribution in [3.05, 3.63) is 47.8 Å². The minimum absolute atomic E-state index is 0.100. The number of carbonyl (C=O) groups is 1. The predicted octanol–water partition coefficient (Wildman–Crippen LogP) is 3.25. The Bertz CT molecular complexity index is 782. The van der Waals surface area contributed by atoms with E-state index >= 15 is 0 Å². The molecule has 0 saturated carbocycles. The summed E-state index contributed by atoms with van der Waals surface area (Å²) in [5.74, 6) is -0.100. The molecule has 3 rings (SSSR count). The lowest BCUT2D eigenvalue weighted by Gasteiger charge is -2.01. The van der Waals surface area contributed by atoms with Gasteiger partial charge in [0.2, 0.25) is 5.91 Å². The highest BCUT2D eigenvalue weighted by Crippen LogP contribution is 2.27.